The van der Waals surface area contributed by atoms with E-state index in [9.17, 15) is 8.78 Å². The summed E-state index contributed by atoms with van der Waals surface area (Å²) in [4.78, 5) is 0. The van der Waals surface area contributed by atoms with Gasteiger partial charge in [0.25, 0.3) is 0 Å². The molecule has 62 valence electrons. The Hall–Kier alpha value is -0.180. The third kappa shape index (κ3) is 4.68. The normalized spacial score (nSPS) is 13.8. The van der Waals surface area contributed by atoms with Crippen LogP contribution >= 0.6 is 0 Å². The molecule has 0 aromatic rings. The Morgan fingerprint density at radius 1 is 1.20 bits per heavy atom. The molecule has 0 saturated heterocycles. The van der Waals surface area contributed by atoms with Crippen molar-refractivity contribution in [1.82, 2.24) is 0 Å². The second kappa shape index (κ2) is 2.82. The minimum Gasteiger partial charge on any atom is -0.315 e. The van der Waals surface area contributed by atoms with Crippen LogP contribution in [-0.4, -0.2) is 11.7 Å². The molecule has 0 aliphatic rings. The minimum atomic E-state index is -2.97. The van der Waals surface area contributed by atoms with Gasteiger partial charge in [0.1, 0.15) is 0 Å². The van der Waals surface area contributed by atoms with Crippen LogP contribution in [0.4, 0.5) is 8.78 Å². The van der Waals surface area contributed by atoms with E-state index in [-0.39, 0.29) is 6.42 Å². The Morgan fingerprint density at radius 3 is 1.70 bits per heavy atom. The van der Waals surface area contributed by atoms with Crippen molar-refractivity contribution < 1.29 is 13.5 Å². The maximum Gasteiger partial charge on any atom is 0.355 e. The first-order chi connectivity index (χ1) is 4.27. The van der Waals surface area contributed by atoms with E-state index in [0.29, 0.717) is 0 Å². The molecule has 0 N–H and O–H groups in total. The van der Waals surface area contributed by atoms with Crippen molar-refractivity contribution in [3.8, 4) is 0 Å². The first-order valence-corrected chi connectivity index (χ1v) is 3.35. The maximum absolute atomic E-state index is 12.4. The summed E-state index contributed by atoms with van der Waals surface area (Å²) in [6, 6.07) is 0. The summed E-state index contributed by atoms with van der Waals surface area (Å²) < 4.78 is 29.3. The van der Waals surface area contributed by atoms with Gasteiger partial charge in [-0.05, 0) is 20.8 Å². The molecule has 0 aliphatic carbocycles. The molecule has 0 heterocycles. The average molecular weight is 152 g/mol. The van der Waals surface area contributed by atoms with E-state index in [1.807, 2.05) is 0 Å². The zero-order valence-electron chi connectivity index (χ0n) is 6.87. The first-order valence-electron chi connectivity index (χ1n) is 3.35. The van der Waals surface area contributed by atoms with Gasteiger partial charge in [0.2, 0.25) is 0 Å². The van der Waals surface area contributed by atoms with Crippen molar-refractivity contribution in [2.45, 2.75) is 45.8 Å². The van der Waals surface area contributed by atoms with E-state index in [1.165, 1.54) is 6.92 Å². The van der Waals surface area contributed by atoms with Crippen molar-refractivity contribution in [3.05, 3.63) is 0 Å². The third-order valence-corrected chi connectivity index (χ3v) is 0.867. The lowest BCUT2D eigenvalue weighted by Gasteiger charge is -2.25. The maximum atomic E-state index is 12.4. The van der Waals surface area contributed by atoms with Crippen LogP contribution in [0.3, 0.4) is 0 Å². The fourth-order valence-electron chi connectivity index (χ4n) is 0.520. The van der Waals surface area contributed by atoms with Crippen LogP contribution in [0.2, 0.25) is 0 Å². The molecule has 10 heavy (non-hydrogen) atoms. The highest BCUT2D eigenvalue weighted by atomic mass is 19.3. The van der Waals surface area contributed by atoms with Gasteiger partial charge in [0.15, 0.2) is 0 Å². The Kier molecular flexibility index (Phi) is 2.77. The van der Waals surface area contributed by atoms with Gasteiger partial charge in [0, 0.05) is 6.42 Å². The molecule has 0 amide bonds. The standard InChI is InChI=1S/C7H14F2O/c1-5-7(8,9)10-6(2,3)4/h5H2,1-4H3. The molecular formula is C7H14F2O. The van der Waals surface area contributed by atoms with Crippen LogP contribution in [-0.2, 0) is 4.74 Å². The fourth-order valence-corrected chi connectivity index (χ4v) is 0.520. The Morgan fingerprint density at radius 2 is 1.60 bits per heavy atom. The molecule has 0 atom stereocenters. The molecule has 0 aromatic heterocycles. The Bertz CT molecular complexity index is 105. The topological polar surface area (TPSA) is 9.23 Å². The SMILES string of the molecule is CCC(F)(F)OC(C)(C)C. The average Bonchev–Trinajstić information content (AvgIpc) is 1.60. The van der Waals surface area contributed by atoms with Gasteiger partial charge in [-0.1, -0.05) is 6.92 Å². The number of hydrogen-bond donors (Lipinski definition) is 0. The Labute approximate surface area is 60.4 Å². The quantitative estimate of drug-likeness (QED) is 0.591. The zero-order valence-corrected chi connectivity index (χ0v) is 6.87. The molecule has 3 heteroatoms. The van der Waals surface area contributed by atoms with Crippen LogP contribution in [0.5, 0.6) is 0 Å². The number of halogens is 2. The predicted molar refractivity (Wildman–Crippen MR) is 36.1 cm³/mol. The summed E-state index contributed by atoms with van der Waals surface area (Å²) in [6.07, 6.45) is -3.25. The molecular weight excluding hydrogens is 138 g/mol. The molecule has 0 aliphatic heterocycles. The van der Waals surface area contributed by atoms with E-state index >= 15 is 0 Å². The molecule has 0 spiro atoms. The number of hydrogen-bond acceptors (Lipinski definition) is 1. The number of rotatable bonds is 2. The monoisotopic (exact) mass is 152 g/mol. The van der Waals surface area contributed by atoms with E-state index in [2.05, 4.69) is 4.74 Å². The highest BCUT2D eigenvalue weighted by molar-refractivity contribution is 4.62. The molecule has 0 rings (SSSR count). The van der Waals surface area contributed by atoms with Gasteiger partial charge in [-0.2, -0.15) is 8.78 Å². The van der Waals surface area contributed by atoms with Crippen LogP contribution in [0.15, 0.2) is 0 Å². The van der Waals surface area contributed by atoms with E-state index in [1.54, 1.807) is 20.8 Å². The molecule has 0 saturated carbocycles. The molecule has 0 bridgehead atoms. The summed E-state index contributed by atoms with van der Waals surface area (Å²) in [6.45, 7) is 6.22. The van der Waals surface area contributed by atoms with Gasteiger partial charge in [0.05, 0.1) is 5.60 Å². The van der Waals surface area contributed by atoms with E-state index in [4.69, 9.17) is 0 Å². The number of alkyl halides is 2. The van der Waals surface area contributed by atoms with Crippen LogP contribution < -0.4 is 0 Å². The highest BCUT2D eigenvalue weighted by Gasteiger charge is 2.32. The predicted octanol–water partition coefficient (Wildman–Crippen LogP) is 2.80. The summed E-state index contributed by atoms with van der Waals surface area (Å²) >= 11 is 0. The van der Waals surface area contributed by atoms with Crippen LogP contribution in [0.25, 0.3) is 0 Å². The highest BCUT2D eigenvalue weighted by Crippen LogP contribution is 2.25. The summed E-state index contributed by atoms with van der Waals surface area (Å²) in [7, 11) is 0. The summed E-state index contributed by atoms with van der Waals surface area (Å²) in [5.74, 6) is 0. The van der Waals surface area contributed by atoms with Crippen LogP contribution in [0, 0.1) is 0 Å². The second-order valence-electron chi connectivity index (χ2n) is 3.21. The second-order valence-corrected chi connectivity index (χ2v) is 3.21. The first kappa shape index (κ1) is 9.82. The van der Waals surface area contributed by atoms with Crippen molar-refractivity contribution in [2.75, 3.05) is 0 Å². The lowest BCUT2D eigenvalue weighted by molar-refractivity contribution is -0.283. The largest absolute Gasteiger partial charge is 0.355 e. The summed E-state index contributed by atoms with van der Waals surface area (Å²) in [5.41, 5.74) is -0.764. The number of ether oxygens (including phenoxy) is 1. The molecule has 0 fully saturated rings. The van der Waals surface area contributed by atoms with Gasteiger partial charge >= 0.3 is 6.11 Å². The van der Waals surface area contributed by atoms with E-state index in [0.717, 1.165) is 0 Å². The van der Waals surface area contributed by atoms with Crippen molar-refractivity contribution in [3.63, 3.8) is 0 Å². The van der Waals surface area contributed by atoms with Crippen LogP contribution in [0.1, 0.15) is 34.1 Å². The van der Waals surface area contributed by atoms with Crippen molar-refractivity contribution in [1.29, 1.82) is 0 Å². The van der Waals surface area contributed by atoms with Gasteiger partial charge in [-0.15, -0.1) is 0 Å². The third-order valence-electron chi connectivity index (χ3n) is 0.867. The van der Waals surface area contributed by atoms with Gasteiger partial charge in [-0.3, -0.25) is 0 Å². The van der Waals surface area contributed by atoms with E-state index < -0.39 is 11.7 Å². The summed E-state index contributed by atoms with van der Waals surface area (Å²) in [5, 5.41) is 0. The molecule has 0 radical (unpaired) electrons. The zero-order chi connectivity index (χ0) is 8.41. The molecule has 0 aromatic carbocycles. The van der Waals surface area contributed by atoms with Gasteiger partial charge < -0.3 is 4.74 Å². The molecule has 1 nitrogen and oxygen atoms in total. The minimum absolute atomic E-state index is 0.274. The van der Waals surface area contributed by atoms with Crippen molar-refractivity contribution >= 4 is 0 Å². The fraction of sp³-hybridized carbons (Fsp3) is 1.00. The lowest BCUT2D eigenvalue weighted by atomic mass is 10.2. The molecule has 0 unspecified atom stereocenters. The van der Waals surface area contributed by atoms with Gasteiger partial charge in [-0.25, -0.2) is 0 Å². The lowest BCUT2D eigenvalue weighted by Crippen LogP contribution is -2.31. The Balaban J connectivity index is 3.89. The van der Waals surface area contributed by atoms with Crippen molar-refractivity contribution in [2.24, 2.45) is 0 Å². The smallest absolute Gasteiger partial charge is 0.315 e.